The van der Waals surface area contributed by atoms with Gasteiger partial charge in [0.2, 0.25) is 0 Å². The van der Waals surface area contributed by atoms with Crippen molar-refractivity contribution in [1.29, 1.82) is 0 Å². The van der Waals surface area contributed by atoms with Gasteiger partial charge in [0, 0.05) is 44.1 Å². The van der Waals surface area contributed by atoms with Crippen molar-refractivity contribution >= 4 is 16.6 Å². The fourth-order valence-corrected chi connectivity index (χ4v) is 2.93. The van der Waals surface area contributed by atoms with Crippen LogP contribution >= 0.6 is 0 Å². The van der Waals surface area contributed by atoms with Crippen molar-refractivity contribution in [2.75, 3.05) is 38.3 Å². The molecule has 0 aliphatic carbocycles. The minimum atomic E-state index is 0.316. The molecule has 1 fully saturated rings. The highest BCUT2D eigenvalue weighted by Crippen LogP contribution is 2.26. The third-order valence-electron chi connectivity index (χ3n) is 4.30. The van der Waals surface area contributed by atoms with Gasteiger partial charge in [-0.05, 0) is 37.0 Å². The Kier molecular flexibility index (Phi) is 4.41. The molecule has 0 amide bonds. The summed E-state index contributed by atoms with van der Waals surface area (Å²) in [6, 6.07) is 6.47. The normalized spacial score (nSPS) is 16.8. The number of benzene rings is 1. The molecule has 0 radical (unpaired) electrons. The molecule has 0 bridgehead atoms. The number of nitrogens with zero attached hydrogens (tertiary/aromatic N) is 3. The largest absolute Gasteiger partial charge is 0.396 e. The van der Waals surface area contributed by atoms with Gasteiger partial charge in [0.1, 0.15) is 0 Å². The van der Waals surface area contributed by atoms with Crippen molar-refractivity contribution in [1.82, 2.24) is 9.78 Å². The highest BCUT2D eigenvalue weighted by atomic mass is 16.5. The summed E-state index contributed by atoms with van der Waals surface area (Å²) >= 11 is 0. The topological polar surface area (TPSA) is 50.5 Å². The molecule has 114 valence electrons. The molecule has 1 aromatic heterocycles. The number of ether oxygens (including phenoxy) is 1. The lowest BCUT2D eigenvalue weighted by atomic mass is 9.97. The Bertz CT molecular complexity index is 588. The molecule has 0 unspecified atom stereocenters. The van der Waals surface area contributed by atoms with Crippen LogP contribution in [0.3, 0.4) is 0 Å². The fourth-order valence-electron chi connectivity index (χ4n) is 2.93. The Hall–Kier alpha value is -1.59. The van der Waals surface area contributed by atoms with E-state index in [-0.39, 0.29) is 0 Å². The summed E-state index contributed by atoms with van der Waals surface area (Å²) in [6.45, 7) is 3.80. The molecule has 1 saturated heterocycles. The summed E-state index contributed by atoms with van der Waals surface area (Å²) < 4.78 is 7.03. The first kappa shape index (κ1) is 14.4. The molecule has 5 heteroatoms. The number of hydrogen-bond donors (Lipinski definition) is 1. The second-order valence-corrected chi connectivity index (χ2v) is 5.74. The monoisotopic (exact) mass is 289 g/mol. The van der Waals surface area contributed by atoms with Gasteiger partial charge in [0.05, 0.1) is 18.7 Å². The van der Waals surface area contributed by atoms with E-state index in [9.17, 15) is 5.11 Å². The van der Waals surface area contributed by atoms with Gasteiger partial charge >= 0.3 is 0 Å². The molecular formula is C16H23N3O2. The average molecular weight is 289 g/mol. The number of rotatable bonds is 5. The van der Waals surface area contributed by atoms with Crippen molar-refractivity contribution in [3.05, 3.63) is 24.4 Å². The molecule has 0 atom stereocenters. The van der Waals surface area contributed by atoms with E-state index in [4.69, 9.17) is 4.74 Å². The Morgan fingerprint density at radius 1 is 1.33 bits per heavy atom. The van der Waals surface area contributed by atoms with E-state index >= 15 is 0 Å². The van der Waals surface area contributed by atoms with Crippen LogP contribution < -0.4 is 4.90 Å². The zero-order valence-corrected chi connectivity index (χ0v) is 12.5. The summed E-state index contributed by atoms with van der Waals surface area (Å²) in [5, 5.41) is 15.0. The molecule has 1 aromatic carbocycles. The first-order chi connectivity index (χ1) is 10.3. The molecular weight excluding hydrogens is 266 g/mol. The van der Waals surface area contributed by atoms with Gasteiger partial charge in [-0.2, -0.15) is 5.10 Å². The second-order valence-electron chi connectivity index (χ2n) is 5.74. The van der Waals surface area contributed by atoms with Gasteiger partial charge in [-0.15, -0.1) is 0 Å². The van der Waals surface area contributed by atoms with Gasteiger partial charge in [-0.1, -0.05) is 0 Å². The second kappa shape index (κ2) is 6.45. The number of fused-ring (bicyclic) bond motifs is 1. The molecule has 1 aliphatic rings. The SMILES string of the molecule is COCCn1cc2ccc(N3CCC(CO)CC3)cc2n1. The zero-order chi connectivity index (χ0) is 14.7. The number of piperidine rings is 1. The number of hydrogen-bond acceptors (Lipinski definition) is 4. The maximum Gasteiger partial charge on any atom is 0.0943 e. The fraction of sp³-hybridized carbons (Fsp3) is 0.562. The van der Waals surface area contributed by atoms with E-state index in [2.05, 4.69) is 34.4 Å². The molecule has 3 rings (SSSR count). The number of aliphatic hydroxyl groups is 1. The highest BCUT2D eigenvalue weighted by Gasteiger charge is 2.19. The third kappa shape index (κ3) is 3.19. The molecule has 2 aromatic rings. The number of methoxy groups -OCH3 is 1. The maximum absolute atomic E-state index is 9.22. The van der Waals surface area contributed by atoms with Crippen LogP contribution in [0, 0.1) is 5.92 Å². The Labute approximate surface area is 125 Å². The Morgan fingerprint density at radius 3 is 2.86 bits per heavy atom. The van der Waals surface area contributed by atoms with Gasteiger partial charge < -0.3 is 14.7 Å². The van der Waals surface area contributed by atoms with Crippen LogP contribution in [0.25, 0.3) is 10.9 Å². The van der Waals surface area contributed by atoms with Gasteiger partial charge in [-0.3, -0.25) is 4.68 Å². The van der Waals surface area contributed by atoms with E-state index in [1.54, 1.807) is 7.11 Å². The highest BCUT2D eigenvalue weighted by molar-refractivity contribution is 5.82. The predicted molar refractivity (Wildman–Crippen MR) is 83.6 cm³/mol. The molecule has 0 saturated carbocycles. The molecule has 21 heavy (non-hydrogen) atoms. The predicted octanol–water partition coefficient (Wildman–Crippen LogP) is 1.89. The quantitative estimate of drug-likeness (QED) is 0.913. The van der Waals surface area contributed by atoms with Crippen molar-refractivity contribution in [3.63, 3.8) is 0 Å². The van der Waals surface area contributed by atoms with Crippen LogP contribution in [-0.2, 0) is 11.3 Å². The van der Waals surface area contributed by atoms with Gasteiger partial charge in [0.15, 0.2) is 0 Å². The van der Waals surface area contributed by atoms with E-state index in [0.29, 0.717) is 19.1 Å². The molecule has 5 nitrogen and oxygen atoms in total. The lowest BCUT2D eigenvalue weighted by Gasteiger charge is -2.32. The lowest BCUT2D eigenvalue weighted by Crippen LogP contribution is -2.34. The van der Waals surface area contributed by atoms with E-state index in [0.717, 1.165) is 38.0 Å². The third-order valence-corrected chi connectivity index (χ3v) is 4.30. The summed E-state index contributed by atoms with van der Waals surface area (Å²) in [5.41, 5.74) is 2.27. The van der Waals surface area contributed by atoms with Crippen LogP contribution in [0.2, 0.25) is 0 Å². The minimum Gasteiger partial charge on any atom is -0.396 e. The molecule has 2 heterocycles. The van der Waals surface area contributed by atoms with Crippen LogP contribution in [0.1, 0.15) is 12.8 Å². The molecule has 1 aliphatic heterocycles. The average Bonchev–Trinajstić information content (AvgIpc) is 2.95. The summed E-state index contributed by atoms with van der Waals surface area (Å²) in [5.74, 6) is 0.471. The number of aromatic nitrogens is 2. The summed E-state index contributed by atoms with van der Waals surface area (Å²) in [7, 11) is 1.71. The van der Waals surface area contributed by atoms with Crippen molar-refractivity contribution in [3.8, 4) is 0 Å². The summed E-state index contributed by atoms with van der Waals surface area (Å²) in [4.78, 5) is 2.39. The summed E-state index contributed by atoms with van der Waals surface area (Å²) in [6.07, 6.45) is 4.20. The van der Waals surface area contributed by atoms with Gasteiger partial charge in [0.25, 0.3) is 0 Å². The number of anilines is 1. The molecule has 1 N–H and O–H groups in total. The van der Waals surface area contributed by atoms with Crippen LogP contribution in [-0.4, -0.2) is 48.3 Å². The van der Waals surface area contributed by atoms with Crippen molar-refractivity contribution < 1.29 is 9.84 Å². The zero-order valence-electron chi connectivity index (χ0n) is 12.5. The first-order valence-electron chi connectivity index (χ1n) is 7.62. The van der Waals surface area contributed by atoms with Crippen molar-refractivity contribution in [2.45, 2.75) is 19.4 Å². The van der Waals surface area contributed by atoms with Crippen LogP contribution in [0.4, 0.5) is 5.69 Å². The lowest BCUT2D eigenvalue weighted by molar-refractivity contribution is 0.184. The minimum absolute atomic E-state index is 0.316. The Balaban J connectivity index is 1.74. The first-order valence-corrected chi connectivity index (χ1v) is 7.62. The van der Waals surface area contributed by atoms with E-state index in [1.807, 2.05) is 4.68 Å². The van der Waals surface area contributed by atoms with Gasteiger partial charge in [-0.25, -0.2) is 0 Å². The van der Waals surface area contributed by atoms with Crippen LogP contribution in [0.5, 0.6) is 0 Å². The standard InChI is InChI=1S/C16H23N3O2/c1-21-9-8-19-11-14-2-3-15(10-16(14)17-19)18-6-4-13(12-20)5-7-18/h2-3,10-11,13,20H,4-9,12H2,1H3. The van der Waals surface area contributed by atoms with Crippen LogP contribution in [0.15, 0.2) is 24.4 Å². The van der Waals surface area contributed by atoms with Crippen molar-refractivity contribution in [2.24, 2.45) is 5.92 Å². The maximum atomic E-state index is 9.22. The van der Waals surface area contributed by atoms with E-state index < -0.39 is 0 Å². The smallest absolute Gasteiger partial charge is 0.0943 e. The Morgan fingerprint density at radius 2 is 2.14 bits per heavy atom. The molecule has 0 spiro atoms. The van der Waals surface area contributed by atoms with E-state index in [1.165, 1.54) is 11.1 Å². The number of aliphatic hydroxyl groups excluding tert-OH is 1.